The molecule has 0 saturated heterocycles. The molecule has 0 bridgehead atoms. The summed E-state index contributed by atoms with van der Waals surface area (Å²) < 4.78 is 0. The number of pyridine rings is 1. The Morgan fingerprint density at radius 2 is 2.36 bits per heavy atom. The number of nitrogens with zero attached hydrogens (tertiary/aromatic N) is 2. The summed E-state index contributed by atoms with van der Waals surface area (Å²) in [4.78, 5) is 3.94. The molecule has 0 radical (unpaired) electrons. The molecular formula is C7H11N3O. The number of aliphatic hydroxyl groups excluding tert-OH is 1. The van der Waals surface area contributed by atoms with Crippen LogP contribution in [0.15, 0.2) is 24.4 Å². The summed E-state index contributed by atoms with van der Waals surface area (Å²) in [6, 6.07) is 5.33. The van der Waals surface area contributed by atoms with E-state index >= 15 is 0 Å². The van der Waals surface area contributed by atoms with Crippen molar-refractivity contribution in [3.63, 3.8) is 0 Å². The Balaban J connectivity index is 2.77. The number of hydrogen-bond donors (Lipinski definition) is 2. The molecule has 1 heterocycles. The summed E-state index contributed by atoms with van der Waals surface area (Å²) in [7, 11) is 0. The van der Waals surface area contributed by atoms with E-state index < -0.39 is 6.23 Å². The number of aliphatic hydroxyl groups is 1. The molecule has 1 atom stereocenters. The van der Waals surface area contributed by atoms with Crippen molar-refractivity contribution < 1.29 is 5.11 Å². The number of nitrogens with two attached hydrogens (primary N) is 1. The average Bonchev–Trinajstić information content (AvgIpc) is 2.05. The van der Waals surface area contributed by atoms with Crippen LogP contribution in [0.25, 0.3) is 0 Å². The zero-order chi connectivity index (χ0) is 8.27. The predicted molar refractivity (Wildman–Crippen MR) is 42.6 cm³/mol. The van der Waals surface area contributed by atoms with Gasteiger partial charge in [-0.1, -0.05) is 6.07 Å². The maximum Gasteiger partial charge on any atom is 0.144 e. The molecule has 0 saturated carbocycles. The van der Waals surface area contributed by atoms with Crippen LogP contribution in [0.1, 0.15) is 6.92 Å². The van der Waals surface area contributed by atoms with E-state index in [2.05, 4.69) is 4.98 Å². The van der Waals surface area contributed by atoms with E-state index in [0.29, 0.717) is 5.82 Å². The second-order valence-corrected chi connectivity index (χ2v) is 2.23. The van der Waals surface area contributed by atoms with Crippen molar-refractivity contribution in [1.29, 1.82) is 0 Å². The van der Waals surface area contributed by atoms with Crippen LogP contribution in [0.2, 0.25) is 0 Å². The summed E-state index contributed by atoms with van der Waals surface area (Å²) in [5.74, 6) is 6.02. The lowest BCUT2D eigenvalue weighted by Gasteiger charge is -2.19. The summed E-state index contributed by atoms with van der Waals surface area (Å²) in [5, 5.41) is 10.2. The molecule has 0 spiro atoms. The third-order valence-electron chi connectivity index (χ3n) is 1.32. The smallest absolute Gasteiger partial charge is 0.144 e. The first kappa shape index (κ1) is 7.97. The van der Waals surface area contributed by atoms with Gasteiger partial charge in [0.2, 0.25) is 0 Å². The lowest BCUT2D eigenvalue weighted by molar-refractivity contribution is 0.188. The molecule has 0 aliphatic carbocycles. The van der Waals surface area contributed by atoms with Crippen molar-refractivity contribution in [3.8, 4) is 0 Å². The Hall–Kier alpha value is -1.13. The minimum Gasteiger partial charge on any atom is -0.372 e. The van der Waals surface area contributed by atoms with Crippen LogP contribution in [-0.4, -0.2) is 16.3 Å². The molecule has 0 fully saturated rings. The quantitative estimate of drug-likeness (QED) is 0.359. The standard InChI is InChI=1S/C7H11N3O/c1-6(11)10(8)7-4-2-3-5-9-7/h2-6,11H,8H2,1H3. The van der Waals surface area contributed by atoms with E-state index in [9.17, 15) is 0 Å². The van der Waals surface area contributed by atoms with E-state index in [1.807, 2.05) is 6.07 Å². The average molecular weight is 153 g/mol. The van der Waals surface area contributed by atoms with Crippen LogP contribution in [0.4, 0.5) is 5.82 Å². The molecule has 0 aromatic carbocycles. The normalized spacial score (nSPS) is 12.6. The summed E-state index contributed by atoms with van der Waals surface area (Å²) in [6.45, 7) is 1.58. The van der Waals surface area contributed by atoms with Gasteiger partial charge in [0.05, 0.1) is 0 Å². The Morgan fingerprint density at radius 1 is 1.64 bits per heavy atom. The highest BCUT2D eigenvalue weighted by atomic mass is 16.3. The molecule has 1 aromatic rings. The van der Waals surface area contributed by atoms with Crippen molar-refractivity contribution in [2.45, 2.75) is 13.2 Å². The molecule has 1 unspecified atom stereocenters. The minimum absolute atomic E-state index is 0.558. The second-order valence-electron chi connectivity index (χ2n) is 2.23. The summed E-state index contributed by atoms with van der Waals surface area (Å²) in [6.07, 6.45) is 0.905. The van der Waals surface area contributed by atoms with Gasteiger partial charge in [-0.15, -0.1) is 0 Å². The van der Waals surface area contributed by atoms with E-state index in [4.69, 9.17) is 10.9 Å². The van der Waals surface area contributed by atoms with E-state index in [1.165, 1.54) is 5.01 Å². The van der Waals surface area contributed by atoms with Crippen molar-refractivity contribution in [2.24, 2.45) is 5.84 Å². The van der Waals surface area contributed by atoms with Gasteiger partial charge < -0.3 is 5.11 Å². The number of hydrogen-bond acceptors (Lipinski definition) is 4. The van der Waals surface area contributed by atoms with Gasteiger partial charge in [-0.2, -0.15) is 0 Å². The van der Waals surface area contributed by atoms with Gasteiger partial charge >= 0.3 is 0 Å². The van der Waals surface area contributed by atoms with Gasteiger partial charge in [0, 0.05) is 6.20 Å². The van der Waals surface area contributed by atoms with Crippen molar-refractivity contribution in [3.05, 3.63) is 24.4 Å². The lowest BCUT2D eigenvalue weighted by Crippen LogP contribution is -2.39. The van der Waals surface area contributed by atoms with Crippen molar-refractivity contribution in [2.75, 3.05) is 5.01 Å². The van der Waals surface area contributed by atoms with Gasteiger partial charge in [0.25, 0.3) is 0 Å². The van der Waals surface area contributed by atoms with Crippen LogP contribution < -0.4 is 10.9 Å². The molecule has 60 valence electrons. The highest BCUT2D eigenvalue weighted by molar-refractivity contribution is 5.35. The first-order valence-electron chi connectivity index (χ1n) is 3.35. The Labute approximate surface area is 65.2 Å². The van der Waals surface area contributed by atoms with Crippen LogP contribution in [0, 0.1) is 0 Å². The van der Waals surface area contributed by atoms with Gasteiger partial charge in [-0.05, 0) is 19.1 Å². The monoisotopic (exact) mass is 153 g/mol. The fraction of sp³-hybridized carbons (Fsp3) is 0.286. The van der Waals surface area contributed by atoms with Crippen LogP contribution >= 0.6 is 0 Å². The van der Waals surface area contributed by atoms with E-state index in [-0.39, 0.29) is 0 Å². The SMILES string of the molecule is CC(O)N(N)c1ccccn1. The third kappa shape index (κ3) is 1.89. The van der Waals surface area contributed by atoms with Crippen LogP contribution in [-0.2, 0) is 0 Å². The van der Waals surface area contributed by atoms with E-state index in [0.717, 1.165) is 0 Å². The maximum atomic E-state index is 9.04. The first-order valence-corrected chi connectivity index (χ1v) is 3.35. The van der Waals surface area contributed by atoms with Crippen LogP contribution in [0.5, 0.6) is 0 Å². The Kier molecular flexibility index (Phi) is 2.40. The largest absolute Gasteiger partial charge is 0.372 e. The Bertz CT molecular complexity index is 212. The van der Waals surface area contributed by atoms with Gasteiger partial charge in [-0.25, -0.2) is 10.8 Å². The van der Waals surface area contributed by atoms with Crippen LogP contribution in [0.3, 0.4) is 0 Å². The molecule has 11 heavy (non-hydrogen) atoms. The van der Waals surface area contributed by atoms with Gasteiger partial charge in [0.15, 0.2) is 0 Å². The zero-order valence-electron chi connectivity index (χ0n) is 6.31. The molecule has 0 aliphatic rings. The number of anilines is 1. The van der Waals surface area contributed by atoms with Gasteiger partial charge in [-0.3, -0.25) is 5.01 Å². The fourth-order valence-electron chi connectivity index (χ4n) is 0.698. The summed E-state index contributed by atoms with van der Waals surface area (Å²) in [5.41, 5.74) is 0. The summed E-state index contributed by atoms with van der Waals surface area (Å²) >= 11 is 0. The molecular weight excluding hydrogens is 142 g/mol. The van der Waals surface area contributed by atoms with Gasteiger partial charge in [0.1, 0.15) is 12.0 Å². The first-order chi connectivity index (χ1) is 5.22. The minimum atomic E-state index is -0.718. The number of rotatable bonds is 2. The fourth-order valence-corrected chi connectivity index (χ4v) is 0.698. The molecule has 4 nitrogen and oxygen atoms in total. The molecule has 0 amide bonds. The predicted octanol–water partition coefficient (Wildman–Crippen LogP) is 0.1000. The molecule has 4 heteroatoms. The topological polar surface area (TPSA) is 62.4 Å². The number of aromatic nitrogens is 1. The second kappa shape index (κ2) is 3.32. The number of hydrazine groups is 1. The molecule has 3 N–H and O–H groups in total. The molecule has 0 aliphatic heterocycles. The zero-order valence-corrected chi connectivity index (χ0v) is 6.31. The lowest BCUT2D eigenvalue weighted by atomic mass is 10.4. The highest BCUT2D eigenvalue weighted by Crippen LogP contribution is 2.05. The van der Waals surface area contributed by atoms with Crippen molar-refractivity contribution in [1.82, 2.24) is 4.98 Å². The maximum absolute atomic E-state index is 9.04. The highest BCUT2D eigenvalue weighted by Gasteiger charge is 2.05. The molecule has 1 rings (SSSR count). The third-order valence-corrected chi connectivity index (χ3v) is 1.32. The molecule has 1 aromatic heterocycles. The van der Waals surface area contributed by atoms with E-state index in [1.54, 1.807) is 25.3 Å². The van der Waals surface area contributed by atoms with Crippen molar-refractivity contribution >= 4 is 5.82 Å². The Morgan fingerprint density at radius 3 is 2.82 bits per heavy atom.